The number of ether oxygens (including phenoxy) is 1. The zero-order valence-corrected chi connectivity index (χ0v) is 18.2. The number of hydrogen-bond acceptors (Lipinski definition) is 7. The highest BCUT2D eigenvalue weighted by Crippen LogP contribution is 2.32. The van der Waals surface area contributed by atoms with Gasteiger partial charge in [0.2, 0.25) is 5.91 Å². The second-order valence-corrected chi connectivity index (χ2v) is 7.48. The second-order valence-electron chi connectivity index (χ2n) is 6.67. The Bertz CT molecular complexity index is 1240. The Labute approximate surface area is 190 Å². The normalized spacial score (nSPS) is 10.6. The third kappa shape index (κ3) is 5.13. The van der Waals surface area contributed by atoms with E-state index in [1.54, 1.807) is 25.1 Å². The molecule has 1 N–H and O–H groups in total. The third-order valence-electron chi connectivity index (χ3n) is 4.33. The minimum atomic E-state index is -0.757. The lowest BCUT2D eigenvalue weighted by molar-refractivity contribution is -0.389. The molecule has 11 nitrogen and oxygen atoms in total. The number of benzene rings is 2. The molecule has 0 spiro atoms. The fourth-order valence-corrected chi connectivity index (χ4v) is 3.22. The van der Waals surface area contributed by atoms with Crippen molar-refractivity contribution in [1.82, 2.24) is 9.78 Å². The third-order valence-corrected chi connectivity index (χ3v) is 5.01. The number of carbonyl (C=O) groups is 1. The van der Waals surface area contributed by atoms with E-state index in [1.807, 2.05) is 0 Å². The van der Waals surface area contributed by atoms with Crippen molar-refractivity contribution in [2.45, 2.75) is 20.4 Å². The van der Waals surface area contributed by atoms with Crippen LogP contribution in [0.15, 0.2) is 36.4 Å². The lowest BCUT2D eigenvalue weighted by Crippen LogP contribution is -2.20. The van der Waals surface area contributed by atoms with Gasteiger partial charge in [0.15, 0.2) is 5.02 Å². The summed E-state index contributed by atoms with van der Waals surface area (Å²) in [4.78, 5) is 33.3. The van der Waals surface area contributed by atoms with Gasteiger partial charge in [-0.25, -0.2) is 0 Å². The fraction of sp³-hybridized carbons (Fsp3) is 0.158. The molecule has 166 valence electrons. The number of aryl methyl sites for hydroxylation is 1. The van der Waals surface area contributed by atoms with E-state index in [0.717, 1.165) is 10.7 Å². The number of nitro groups is 2. The molecule has 0 aliphatic carbocycles. The first-order valence-electron chi connectivity index (χ1n) is 8.95. The fourth-order valence-electron chi connectivity index (χ4n) is 2.79. The van der Waals surface area contributed by atoms with Crippen LogP contribution in [0, 0.1) is 34.1 Å². The molecule has 13 heteroatoms. The molecule has 0 saturated carbocycles. The lowest BCUT2D eigenvalue weighted by atomic mass is 10.2. The molecule has 0 bridgehead atoms. The van der Waals surface area contributed by atoms with Crippen LogP contribution in [-0.4, -0.2) is 25.5 Å². The van der Waals surface area contributed by atoms with Crippen LogP contribution in [0.2, 0.25) is 10.0 Å². The van der Waals surface area contributed by atoms with Crippen molar-refractivity contribution < 1.29 is 19.4 Å². The van der Waals surface area contributed by atoms with Gasteiger partial charge >= 0.3 is 5.82 Å². The van der Waals surface area contributed by atoms with Gasteiger partial charge in [-0.05, 0) is 42.5 Å². The number of nitro benzene ring substituents is 1. The number of hydrogen-bond donors (Lipinski definition) is 1. The SMILES string of the molecule is Cc1cc(Cl)ccc1Oc1cc(NC(=O)Cn2nc([N+](=O)[O-])c(Cl)c2C)cc([N+](=O)[O-])c1. The minimum Gasteiger partial charge on any atom is -0.457 e. The van der Waals surface area contributed by atoms with Crippen molar-refractivity contribution in [3.8, 4) is 11.5 Å². The van der Waals surface area contributed by atoms with Crippen molar-refractivity contribution in [1.29, 1.82) is 0 Å². The van der Waals surface area contributed by atoms with Gasteiger partial charge in [0.25, 0.3) is 5.69 Å². The Balaban J connectivity index is 1.84. The maximum Gasteiger partial charge on any atom is 0.408 e. The Morgan fingerprint density at radius 2 is 1.84 bits per heavy atom. The molecule has 0 radical (unpaired) electrons. The molecule has 1 aromatic heterocycles. The van der Waals surface area contributed by atoms with Gasteiger partial charge in [0.05, 0.1) is 27.5 Å². The molecular weight excluding hydrogens is 465 g/mol. The van der Waals surface area contributed by atoms with Gasteiger partial charge in [-0.15, -0.1) is 0 Å². The van der Waals surface area contributed by atoms with Crippen LogP contribution in [0.5, 0.6) is 11.5 Å². The molecule has 1 amide bonds. The van der Waals surface area contributed by atoms with E-state index in [4.69, 9.17) is 27.9 Å². The van der Waals surface area contributed by atoms with Gasteiger partial charge in [-0.3, -0.25) is 14.9 Å². The number of rotatable bonds is 7. The van der Waals surface area contributed by atoms with Crippen molar-refractivity contribution in [2.24, 2.45) is 0 Å². The largest absolute Gasteiger partial charge is 0.457 e. The van der Waals surface area contributed by atoms with E-state index in [1.165, 1.54) is 19.1 Å². The van der Waals surface area contributed by atoms with Crippen LogP contribution in [-0.2, 0) is 11.3 Å². The molecular formula is C19H15Cl2N5O6. The van der Waals surface area contributed by atoms with Crippen LogP contribution in [0.1, 0.15) is 11.3 Å². The van der Waals surface area contributed by atoms with Crippen molar-refractivity contribution in [2.75, 3.05) is 5.32 Å². The molecule has 3 aromatic rings. The number of aromatic nitrogens is 2. The number of halogens is 2. The zero-order chi connectivity index (χ0) is 23.6. The summed E-state index contributed by atoms with van der Waals surface area (Å²) in [7, 11) is 0. The molecule has 2 aromatic carbocycles. The molecule has 1 heterocycles. The molecule has 3 rings (SSSR count). The van der Waals surface area contributed by atoms with Gasteiger partial charge < -0.3 is 20.2 Å². The van der Waals surface area contributed by atoms with Crippen LogP contribution in [0.3, 0.4) is 0 Å². The van der Waals surface area contributed by atoms with Gasteiger partial charge in [-0.1, -0.05) is 23.2 Å². The van der Waals surface area contributed by atoms with Crippen LogP contribution >= 0.6 is 23.2 Å². The maximum absolute atomic E-state index is 12.5. The number of non-ortho nitro benzene ring substituents is 1. The van der Waals surface area contributed by atoms with Crippen molar-refractivity contribution >= 4 is 46.3 Å². The number of anilines is 1. The quantitative estimate of drug-likeness (QED) is 0.368. The number of nitrogens with zero attached hydrogens (tertiary/aromatic N) is 4. The van der Waals surface area contributed by atoms with Crippen molar-refractivity contribution in [3.63, 3.8) is 0 Å². The first-order chi connectivity index (χ1) is 15.0. The summed E-state index contributed by atoms with van der Waals surface area (Å²) in [5.74, 6) is -0.646. The molecule has 0 atom stereocenters. The van der Waals surface area contributed by atoms with E-state index < -0.39 is 28.1 Å². The van der Waals surface area contributed by atoms with E-state index >= 15 is 0 Å². The van der Waals surface area contributed by atoms with Crippen LogP contribution in [0.25, 0.3) is 0 Å². The van der Waals surface area contributed by atoms with E-state index in [0.29, 0.717) is 16.3 Å². The molecule has 0 unspecified atom stereocenters. The monoisotopic (exact) mass is 479 g/mol. The Morgan fingerprint density at radius 1 is 1.12 bits per heavy atom. The predicted molar refractivity (Wildman–Crippen MR) is 117 cm³/mol. The van der Waals surface area contributed by atoms with E-state index in [-0.39, 0.29) is 27.8 Å². The smallest absolute Gasteiger partial charge is 0.408 e. The highest BCUT2D eigenvalue weighted by molar-refractivity contribution is 6.33. The van der Waals surface area contributed by atoms with Gasteiger partial charge in [0.1, 0.15) is 18.0 Å². The molecule has 32 heavy (non-hydrogen) atoms. The van der Waals surface area contributed by atoms with Crippen molar-refractivity contribution in [3.05, 3.63) is 77.9 Å². The van der Waals surface area contributed by atoms with Crippen LogP contribution < -0.4 is 10.1 Å². The average Bonchev–Trinajstić information content (AvgIpc) is 2.98. The highest BCUT2D eigenvalue weighted by Gasteiger charge is 2.25. The zero-order valence-electron chi connectivity index (χ0n) is 16.7. The highest BCUT2D eigenvalue weighted by atomic mass is 35.5. The molecule has 0 fully saturated rings. The summed E-state index contributed by atoms with van der Waals surface area (Å²) in [5.41, 5.74) is 0.728. The summed E-state index contributed by atoms with van der Waals surface area (Å²) in [5, 5.41) is 28.8. The van der Waals surface area contributed by atoms with Gasteiger partial charge in [0, 0.05) is 17.2 Å². The Hall–Kier alpha value is -3.70. The first kappa shape index (κ1) is 23.0. The predicted octanol–water partition coefficient (Wildman–Crippen LogP) is 5.05. The second kappa shape index (κ2) is 9.20. The maximum atomic E-state index is 12.5. The standard InChI is InChI=1S/C19H15Cl2N5O6/c1-10-5-12(20)3-4-16(10)32-15-7-13(6-14(8-15)25(28)29)22-17(27)9-24-11(2)18(21)19(23-24)26(30)31/h3-8H,9H2,1-2H3,(H,22,27). The average molecular weight is 480 g/mol. The molecule has 0 saturated heterocycles. The summed E-state index contributed by atoms with van der Waals surface area (Å²) >= 11 is 11.8. The first-order valence-corrected chi connectivity index (χ1v) is 9.71. The Morgan fingerprint density at radius 3 is 2.44 bits per heavy atom. The lowest BCUT2D eigenvalue weighted by Gasteiger charge is -2.11. The summed E-state index contributed by atoms with van der Waals surface area (Å²) < 4.78 is 6.81. The van der Waals surface area contributed by atoms with E-state index in [9.17, 15) is 25.0 Å². The minimum absolute atomic E-state index is 0.0937. The summed E-state index contributed by atoms with van der Waals surface area (Å²) in [6, 6.07) is 8.68. The molecule has 0 aliphatic rings. The van der Waals surface area contributed by atoms with Crippen LogP contribution in [0.4, 0.5) is 17.2 Å². The topological polar surface area (TPSA) is 142 Å². The number of amides is 1. The van der Waals surface area contributed by atoms with Gasteiger partial charge in [-0.2, -0.15) is 4.68 Å². The molecule has 0 aliphatic heterocycles. The summed E-state index contributed by atoms with van der Waals surface area (Å²) in [6.07, 6.45) is 0. The Kier molecular flexibility index (Phi) is 6.61. The summed E-state index contributed by atoms with van der Waals surface area (Å²) in [6.45, 7) is 2.84. The van der Waals surface area contributed by atoms with E-state index in [2.05, 4.69) is 10.4 Å². The number of carbonyl (C=O) groups excluding carboxylic acids is 1. The number of nitrogens with one attached hydrogen (secondary N) is 1.